The van der Waals surface area contributed by atoms with Crippen molar-refractivity contribution < 1.29 is 9.59 Å². The zero-order valence-corrected chi connectivity index (χ0v) is 15.6. The van der Waals surface area contributed by atoms with E-state index in [-0.39, 0.29) is 11.8 Å². The highest BCUT2D eigenvalue weighted by atomic mass is 16.2. The molecule has 1 aromatic carbocycles. The number of pyridine rings is 1. The lowest BCUT2D eigenvalue weighted by atomic mass is 10.1. The van der Waals surface area contributed by atoms with Gasteiger partial charge in [-0.2, -0.15) is 0 Å². The molecule has 6 nitrogen and oxygen atoms in total. The van der Waals surface area contributed by atoms with Crippen molar-refractivity contribution in [2.75, 3.05) is 37.6 Å². The van der Waals surface area contributed by atoms with Crippen LogP contribution in [0.1, 0.15) is 28.4 Å². The van der Waals surface area contributed by atoms with Gasteiger partial charge in [0.15, 0.2) is 0 Å². The fraction of sp³-hybridized carbons (Fsp3) is 0.381. The fourth-order valence-corrected chi connectivity index (χ4v) is 3.90. The van der Waals surface area contributed by atoms with E-state index in [0.717, 1.165) is 56.0 Å². The van der Waals surface area contributed by atoms with Crippen LogP contribution in [0.3, 0.4) is 0 Å². The Morgan fingerprint density at radius 1 is 1.07 bits per heavy atom. The molecule has 3 heterocycles. The van der Waals surface area contributed by atoms with Gasteiger partial charge in [0.05, 0.1) is 0 Å². The first-order valence-corrected chi connectivity index (χ1v) is 9.43. The number of nitrogens with zero attached hydrogens (tertiary/aromatic N) is 4. The number of carbonyl (C=O) groups is 2. The van der Waals surface area contributed by atoms with E-state index in [1.165, 1.54) is 5.56 Å². The van der Waals surface area contributed by atoms with Crippen molar-refractivity contribution in [1.29, 1.82) is 0 Å². The van der Waals surface area contributed by atoms with Gasteiger partial charge in [0.25, 0.3) is 5.91 Å². The number of amides is 2. The zero-order valence-electron chi connectivity index (χ0n) is 15.6. The fourth-order valence-electron chi connectivity index (χ4n) is 3.90. The molecule has 0 saturated carbocycles. The first kappa shape index (κ1) is 17.7. The third-order valence-electron chi connectivity index (χ3n) is 5.39. The van der Waals surface area contributed by atoms with Gasteiger partial charge in [-0.1, -0.05) is 6.07 Å². The Bertz CT molecular complexity index is 845. The number of rotatable bonds is 3. The van der Waals surface area contributed by atoms with Crippen molar-refractivity contribution in [2.45, 2.75) is 19.9 Å². The summed E-state index contributed by atoms with van der Waals surface area (Å²) in [4.78, 5) is 34.8. The van der Waals surface area contributed by atoms with Crippen LogP contribution in [0.5, 0.6) is 0 Å². The van der Waals surface area contributed by atoms with E-state index in [4.69, 9.17) is 0 Å². The Morgan fingerprint density at radius 2 is 1.89 bits per heavy atom. The summed E-state index contributed by atoms with van der Waals surface area (Å²) >= 11 is 0. The van der Waals surface area contributed by atoms with Gasteiger partial charge in [-0.3, -0.25) is 19.5 Å². The van der Waals surface area contributed by atoms with Crippen LogP contribution >= 0.6 is 0 Å². The average Bonchev–Trinajstić information content (AvgIpc) is 3.12. The summed E-state index contributed by atoms with van der Waals surface area (Å²) < 4.78 is 0. The predicted molar refractivity (Wildman–Crippen MR) is 104 cm³/mol. The summed E-state index contributed by atoms with van der Waals surface area (Å²) in [5.74, 6) is 0.137. The molecule has 0 unspecified atom stereocenters. The SMILES string of the molecule is CC(=O)N1CCc2cc(C(=O)N3CCN(Cc4cccnc4)CC3)ccc21. The summed E-state index contributed by atoms with van der Waals surface area (Å²) in [6, 6.07) is 9.76. The number of benzene rings is 1. The molecule has 0 spiro atoms. The molecule has 0 atom stereocenters. The Hall–Kier alpha value is -2.73. The smallest absolute Gasteiger partial charge is 0.253 e. The van der Waals surface area contributed by atoms with Gasteiger partial charge in [0, 0.05) is 69.8 Å². The molecule has 0 N–H and O–H groups in total. The van der Waals surface area contributed by atoms with Crippen molar-refractivity contribution >= 4 is 17.5 Å². The van der Waals surface area contributed by atoms with Gasteiger partial charge in [-0.05, 0) is 41.8 Å². The molecule has 0 radical (unpaired) electrons. The highest BCUT2D eigenvalue weighted by Gasteiger charge is 2.26. The molecule has 140 valence electrons. The zero-order chi connectivity index (χ0) is 18.8. The number of anilines is 1. The second kappa shape index (κ2) is 7.48. The molecule has 0 bridgehead atoms. The number of fused-ring (bicyclic) bond motifs is 1. The molecule has 2 aliphatic rings. The Kier molecular flexibility index (Phi) is 4.90. The molecule has 4 rings (SSSR count). The Morgan fingerprint density at radius 3 is 2.59 bits per heavy atom. The van der Waals surface area contributed by atoms with Crippen LogP contribution in [-0.2, 0) is 17.8 Å². The lowest BCUT2D eigenvalue weighted by Crippen LogP contribution is -2.48. The standard InChI is InChI=1S/C21H24N4O2/c1-16(26)25-8-6-18-13-19(4-5-20(18)25)21(27)24-11-9-23(10-12-24)15-17-3-2-7-22-14-17/h2-5,7,13-14H,6,8-12,15H2,1H3. The maximum atomic E-state index is 12.9. The summed E-state index contributed by atoms with van der Waals surface area (Å²) in [5, 5.41) is 0. The van der Waals surface area contributed by atoms with Gasteiger partial charge in [-0.15, -0.1) is 0 Å². The van der Waals surface area contributed by atoms with Crippen LogP contribution in [-0.4, -0.2) is 59.3 Å². The maximum absolute atomic E-state index is 12.9. The van der Waals surface area contributed by atoms with Crippen molar-refractivity contribution in [1.82, 2.24) is 14.8 Å². The number of piperazine rings is 1. The average molecular weight is 364 g/mol. The van der Waals surface area contributed by atoms with Gasteiger partial charge in [-0.25, -0.2) is 0 Å². The molecule has 1 aromatic heterocycles. The second-order valence-corrected chi connectivity index (χ2v) is 7.19. The van der Waals surface area contributed by atoms with Crippen LogP contribution < -0.4 is 4.90 Å². The third-order valence-corrected chi connectivity index (χ3v) is 5.39. The number of carbonyl (C=O) groups excluding carboxylic acids is 2. The Balaban J connectivity index is 1.38. The first-order valence-electron chi connectivity index (χ1n) is 9.43. The van der Waals surface area contributed by atoms with Crippen LogP contribution in [0.4, 0.5) is 5.69 Å². The molecule has 2 aliphatic heterocycles. The molecular weight excluding hydrogens is 340 g/mol. The molecule has 6 heteroatoms. The first-order chi connectivity index (χ1) is 13.1. The van der Waals surface area contributed by atoms with E-state index >= 15 is 0 Å². The van der Waals surface area contributed by atoms with E-state index < -0.39 is 0 Å². The van der Waals surface area contributed by atoms with Crippen molar-refractivity contribution in [3.05, 3.63) is 59.4 Å². The molecule has 1 saturated heterocycles. The van der Waals surface area contributed by atoms with Crippen molar-refractivity contribution in [2.24, 2.45) is 0 Å². The minimum absolute atomic E-state index is 0.0533. The van der Waals surface area contributed by atoms with Gasteiger partial charge >= 0.3 is 0 Å². The lowest BCUT2D eigenvalue weighted by molar-refractivity contribution is -0.116. The van der Waals surface area contributed by atoms with Crippen LogP contribution in [0.15, 0.2) is 42.7 Å². The molecule has 0 aliphatic carbocycles. The summed E-state index contributed by atoms with van der Waals surface area (Å²) in [5.41, 5.74) is 3.96. The predicted octanol–water partition coefficient (Wildman–Crippen LogP) is 1.95. The number of hydrogen-bond acceptors (Lipinski definition) is 4. The molecule has 2 aromatic rings. The highest BCUT2D eigenvalue weighted by molar-refractivity contribution is 5.98. The van der Waals surface area contributed by atoms with E-state index in [1.54, 1.807) is 18.0 Å². The van der Waals surface area contributed by atoms with Gasteiger partial charge < -0.3 is 9.80 Å². The van der Waals surface area contributed by atoms with Crippen LogP contribution in [0, 0.1) is 0 Å². The minimum Gasteiger partial charge on any atom is -0.336 e. The minimum atomic E-state index is 0.0533. The van der Waals surface area contributed by atoms with Crippen molar-refractivity contribution in [3.63, 3.8) is 0 Å². The van der Waals surface area contributed by atoms with Gasteiger partial charge in [0.2, 0.25) is 5.91 Å². The van der Waals surface area contributed by atoms with E-state index in [9.17, 15) is 9.59 Å². The second-order valence-electron chi connectivity index (χ2n) is 7.19. The van der Waals surface area contributed by atoms with Crippen molar-refractivity contribution in [3.8, 4) is 0 Å². The monoisotopic (exact) mass is 364 g/mol. The van der Waals surface area contributed by atoms with E-state index in [2.05, 4.69) is 16.0 Å². The normalized spacial score (nSPS) is 17.1. The van der Waals surface area contributed by atoms with Crippen LogP contribution in [0.2, 0.25) is 0 Å². The third kappa shape index (κ3) is 3.71. The molecule has 27 heavy (non-hydrogen) atoms. The summed E-state index contributed by atoms with van der Waals surface area (Å²) in [7, 11) is 0. The van der Waals surface area contributed by atoms with Gasteiger partial charge in [0.1, 0.15) is 0 Å². The number of aromatic nitrogens is 1. The maximum Gasteiger partial charge on any atom is 0.253 e. The van der Waals surface area contributed by atoms with E-state index in [1.807, 2.05) is 35.4 Å². The molecular formula is C21H24N4O2. The topological polar surface area (TPSA) is 56.8 Å². The summed E-state index contributed by atoms with van der Waals surface area (Å²) in [6.45, 7) is 6.35. The summed E-state index contributed by atoms with van der Waals surface area (Å²) in [6.07, 6.45) is 4.49. The van der Waals surface area contributed by atoms with E-state index in [0.29, 0.717) is 6.54 Å². The Labute approximate surface area is 159 Å². The largest absolute Gasteiger partial charge is 0.336 e. The highest BCUT2D eigenvalue weighted by Crippen LogP contribution is 2.29. The molecule has 1 fully saturated rings. The number of hydrogen-bond donors (Lipinski definition) is 0. The lowest BCUT2D eigenvalue weighted by Gasteiger charge is -2.34. The quantitative estimate of drug-likeness (QED) is 0.835. The van der Waals surface area contributed by atoms with Crippen LogP contribution in [0.25, 0.3) is 0 Å². The molecule has 2 amide bonds.